The van der Waals surface area contributed by atoms with E-state index in [9.17, 15) is 4.79 Å². The second-order valence-corrected chi connectivity index (χ2v) is 5.84. The molecule has 6 nitrogen and oxygen atoms in total. The fourth-order valence-corrected chi connectivity index (χ4v) is 2.79. The first kappa shape index (κ1) is 15.4. The Balaban J connectivity index is 1.68. The summed E-state index contributed by atoms with van der Waals surface area (Å²) in [5.74, 6) is 1.59. The molecule has 0 fully saturated rings. The van der Waals surface area contributed by atoms with Gasteiger partial charge in [0.25, 0.3) is 0 Å². The zero-order chi connectivity index (χ0) is 16.4. The average Bonchev–Trinajstić information content (AvgIpc) is 2.87. The quantitative estimate of drug-likeness (QED) is 0.945. The molecule has 1 aliphatic heterocycles. The molecule has 1 aromatic carbocycles. The first-order chi connectivity index (χ1) is 11.1. The highest BCUT2D eigenvalue weighted by Gasteiger charge is 2.24. The van der Waals surface area contributed by atoms with Crippen molar-refractivity contribution in [3.8, 4) is 5.75 Å². The fraction of sp³-hybridized carbons (Fsp3) is 0.412. The van der Waals surface area contributed by atoms with Gasteiger partial charge in [0.05, 0.1) is 24.9 Å². The van der Waals surface area contributed by atoms with Gasteiger partial charge in [-0.15, -0.1) is 0 Å². The van der Waals surface area contributed by atoms with E-state index in [1.807, 2.05) is 38.1 Å². The van der Waals surface area contributed by atoms with Gasteiger partial charge in [0.1, 0.15) is 11.5 Å². The second-order valence-electron chi connectivity index (χ2n) is 5.84. The zero-order valence-electron chi connectivity index (χ0n) is 13.6. The van der Waals surface area contributed by atoms with Gasteiger partial charge < -0.3 is 19.5 Å². The van der Waals surface area contributed by atoms with Crippen molar-refractivity contribution in [1.29, 1.82) is 0 Å². The Bertz CT molecular complexity index is 691. The largest absolute Gasteiger partial charge is 0.493 e. The summed E-state index contributed by atoms with van der Waals surface area (Å²) >= 11 is 0. The SMILES string of the molecule is Cc1noc(C)c1CN(C)C(=O)N[C@H]1CCOc2ccccc21. The average molecular weight is 315 g/mol. The molecule has 0 saturated carbocycles. The summed E-state index contributed by atoms with van der Waals surface area (Å²) in [6, 6.07) is 7.67. The van der Waals surface area contributed by atoms with Crippen LogP contribution in [0.4, 0.5) is 4.79 Å². The van der Waals surface area contributed by atoms with Crippen LogP contribution in [0.2, 0.25) is 0 Å². The molecular weight excluding hydrogens is 294 g/mol. The smallest absolute Gasteiger partial charge is 0.317 e. The van der Waals surface area contributed by atoms with Gasteiger partial charge in [-0.3, -0.25) is 0 Å². The molecule has 0 unspecified atom stereocenters. The number of amides is 2. The van der Waals surface area contributed by atoms with Crippen molar-refractivity contribution < 1.29 is 14.1 Å². The van der Waals surface area contributed by atoms with Crippen LogP contribution in [0.3, 0.4) is 0 Å². The number of nitrogens with zero attached hydrogens (tertiary/aromatic N) is 2. The van der Waals surface area contributed by atoms with Crippen molar-refractivity contribution in [3.63, 3.8) is 0 Å². The van der Waals surface area contributed by atoms with Crippen molar-refractivity contribution in [1.82, 2.24) is 15.4 Å². The van der Waals surface area contributed by atoms with Crippen LogP contribution in [0.15, 0.2) is 28.8 Å². The van der Waals surface area contributed by atoms with Crippen molar-refractivity contribution >= 4 is 6.03 Å². The normalized spacial score (nSPS) is 16.4. The maximum Gasteiger partial charge on any atom is 0.317 e. The number of carbonyl (C=O) groups excluding carboxylic acids is 1. The van der Waals surface area contributed by atoms with Crippen molar-refractivity contribution in [2.75, 3.05) is 13.7 Å². The molecule has 0 bridgehead atoms. The van der Waals surface area contributed by atoms with E-state index in [0.717, 1.165) is 34.8 Å². The Hall–Kier alpha value is -2.50. The van der Waals surface area contributed by atoms with E-state index in [2.05, 4.69) is 10.5 Å². The number of aryl methyl sites for hydroxylation is 2. The van der Waals surface area contributed by atoms with E-state index >= 15 is 0 Å². The molecule has 0 spiro atoms. The third-order valence-corrected chi connectivity index (χ3v) is 4.18. The number of aromatic nitrogens is 1. The maximum atomic E-state index is 12.5. The third kappa shape index (κ3) is 3.16. The Morgan fingerprint density at radius 2 is 2.17 bits per heavy atom. The molecule has 2 heterocycles. The molecule has 6 heteroatoms. The van der Waals surface area contributed by atoms with Crippen molar-refractivity contribution in [3.05, 3.63) is 46.8 Å². The van der Waals surface area contributed by atoms with Crippen LogP contribution < -0.4 is 10.1 Å². The standard InChI is InChI=1S/C17H21N3O3/c1-11-14(12(2)23-19-11)10-20(3)17(21)18-15-8-9-22-16-7-5-4-6-13(15)16/h4-7,15H,8-10H2,1-3H3,(H,18,21)/t15-/m0/s1. The van der Waals surface area contributed by atoms with Gasteiger partial charge in [-0.1, -0.05) is 23.4 Å². The van der Waals surface area contributed by atoms with Crippen LogP contribution in [-0.4, -0.2) is 29.7 Å². The number of nitrogens with one attached hydrogen (secondary N) is 1. The number of hydrogen-bond donors (Lipinski definition) is 1. The Kier molecular flexibility index (Phi) is 4.23. The summed E-state index contributed by atoms with van der Waals surface area (Å²) in [4.78, 5) is 14.1. The molecule has 0 aliphatic carbocycles. The van der Waals surface area contributed by atoms with Gasteiger partial charge in [0.2, 0.25) is 0 Å². The predicted molar refractivity (Wildman–Crippen MR) is 85.3 cm³/mol. The van der Waals surface area contributed by atoms with Crippen LogP contribution >= 0.6 is 0 Å². The number of ether oxygens (including phenoxy) is 1. The summed E-state index contributed by atoms with van der Waals surface area (Å²) in [5.41, 5.74) is 2.80. The molecule has 3 rings (SSSR count). The number of rotatable bonds is 3. The minimum Gasteiger partial charge on any atom is -0.493 e. The fourth-order valence-electron chi connectivity index (χ4n) is 2.79. The summed E-state index contributed by atoms with van der Waals surface area (Å²) in [7, 11) is 1.77. The zero-order valence-corrected chi connectivity index (χ0v) is 13.6. The lowest BCUT2D eigenvalue weighted by atomic mass is 10.0. The van der Waals surface area contributed by atoms with E-state index in [4.69, 9.17) is 9.26 Å². The van der Waals surface area contributed by atoms with Crippen LogP contribution in [0, 0.1) is 13.8 Å². The third-order valence-electron chi connectivity index (χ3n) is 4.18. The summed E-state index contributed by atoms with van der Waals surface area (Å²) < 4.78 is 10.8. The predicted octanol–water partition coefficient (Wildman–Crippen LogP) is 2.96. The van der Waals surface area contributed by atoms with Crippen LogP contribution in [0.25, 0.3) is 0 Å². The lowest BCUT2D eigenvalue weighted by Gasteiger charge is -2.28. The van der Waals surface area contributed by atoms with Gasteiger partial charge in [-0.2, -0.15) is 0 Å². The minimum absolute atomic E-state index is 0.0282. The maximum absolute atomic E-state index is 12.5. The summed E-state index contributed by atoms with van der Waals surface area (Å²) in [5, 5.41) is 7.01. The molecular formula is C17H21N3O3. The topological polar surface area (TPSA) is 67.6 Å². The molecule has 1 atom stereocenters. The first-order valence-corrected chi connectivity index (χ1v) is 7.71. The first-order valence-electron chi connectivity index (χ1n) is 7.71. The highest BCUT2D eigenvalue weighted by molar-refractivity contribution is 5.74. The molecule has 2 amide bonds. The molecule has 1 N–H and O–H groups in total. The Morgan fingerprint density at radius 3 is 2.91 bits per heavy atom. The minimum atomic E-state index is -0.119. The van der Waals surface area contributed by atoms with Crippen molar-refractivity contribution in [2.45, 2.75) is 32.9 Å². The van der Waals surface area contributed by atoms with E-state index < -0.39 is 0 Å². The number of carbonyl (C=O) groups is 1. The summed E-state index contributed by atoms with van der Waals surface area (Å²) in [6.45, 7) is 4.81. The van der Waals surface area contributed by atoms with Crippen LogP contribution in [0.5, 0.6) is 5.75 Å². The molecule has 0 saturated heterocycles. The number of urea groups is 1. The van der Waals surface area contributed by atoms with E-state index in [-0.39, 0.29) is 12.1 Å². The number of fused-ring (bicyclic) bond motifs is 1. The molecule has 1 aromatic heterocycles. The van der Waals surface area contributed by atoms with Crippen LogP contribution in [-0.2, 0) is 6.54 Å². The van der Waals surface area contributed by atoms with Gasteiger partial charge in [-0.25, -0.2) is 4.79 Å². The number of para-hydroxylation sites is 1. The lowest BCUT2D eigenvalue weighted by Crippen LogP contribution is -2.40. The van der Waals surface area contributed by atoms with Gasteiger partial charge in [0, 0.05) is 24.6 Å². The monoisotopic (exact) mass is 315 g/mol. The molecule has 23 heavy (non-hydrogen) atoms. The van der Waals surface area contributed by atoms with E-state index in [1.165, 1.54) is 0 Å². The van der Waals surface area contributed by atoms with Gasteiger partial charge in [0.15, 0.2) is 0 Å². The van der Waals surface area contributed by atoms with E-state index in [0.29, 0.717) is 13.2 Å². The molecule has 2 aromatic rings. The van der Waals surface area contributed by atoms with E-state index in [1.54, 1.807) is 11.9 Å². The molecule has 0 radical (unpaired) electrons. The second kappa shape index (κ2) is 6.32. The highest BCUT2D eigenvalue weighted by Crippen LogP contribution is 2.31. The lowest BCUT2D eigenvalue weighted by molar-refractivity contribution is 0.194. The van der Waals surface area contributed by atoms with Gasteiger partial charge >= 0.3 is 6.03 Å². The highest BCUT2D eigenvalue weighted by atomic mass is 16.5. The molecule has 1 aliphatic rings. The number of hydrogen-bond acceptors (Lipinski definition) is 4. The summed E-state index contributed by atoms with van der Waals surface area (Å²) in [6.07, 6.45) is 0.766. The molecule has 122 valence electrons. The van der Waals surface area contributed by atoms with Gasteiger partial charge in [-0.05, 0) is 19.9 Å². The van der Waals surface area contributed by atoms with Crippen LogP contribution in [0.1, 0.15) is 35.0 Å². The number of benzene rings is 1. The van der Waals surface area contributed by atoms with Crippen molar-refractivity contribution in [2.24, 2.45) is 0 Å². The Labute approximate surface area is 135 Å². The Morgan fingerprint density at radius 1 is 1.39 bits per heavy atom.